The first-order valence-electron chi connectivity index (χ1n) is 8.34. The Morgan fingerprint density at radius 3 is 2.70 bits per heavy atom. The molecule has 2 aromatic heterocycles. The summed E-state index contributed by atoms with van der Waals surface area (Å²) < 4.78 is 9.51. The molecule has 23 heavy (non-hydrogen) atoms. The first kappa shape index (κ1) is 16.1. The molecule has 1 atom stereocenters. The minimum Gasteiger partial charge on any atom is -0.379 e. The molecule has 1 fully saturated rings. The summed E-state index contributed by atoms with van der Waals surface area (Å²) in [6, 6.07) is 0.354. The van der Waals surface area contributed by atoms with Crippen molar-refractivity contribution in [2.75, 3.05) is 26.3 Å². The van der Waals surface area contributed by atoms with E-state index in [9.17, 15) is 0 Å². The number of ether oxygens (including phenoxy) is 1. The lowest BCUT2D eigenvalue weighted by Crippen LogP contribution is -2.36. The Kier molecular flexibility index (Phi) is 5.07. The fourth-order valence-corrected chi connectivity index (χ4v) is 2.66. The van der Waals surface area contributed by atoms with Gasteiger partial charge in [0.2, 0.25) is 0 Å². The highest BCUT2D eigenvalue weighted by atomic mass is 16.5. The summed E-state index contributed by atoms with van der Waals surface area (Å²) >= 11 is 0. The molecular weight excluding hydrogens is 292 g/mol. The smallest absolute Gasteiger partial charge is 0.123 e. The lowest BCUT2D eigenvalue weighted by atomic mass is 10.1. The molecule has 7 nitrogen and oxygen atoms in total. The van der Waals surface area contributed by atoms with Crippen LogP contribution in [0.15, 0.2) is 18.6 Å². The van der Waals surface area contributed by atoms with Crippen molar-refractivity contribution in [2.24, 2.45) is 5.92 Å². The van der Waals surface area contributed by atoms with E-state index in [4.69, 9.17) is 4.74 Å². The number of hydrogen-bond acceptors (Lipinski definition) is 5. The highest BCUT2D eigenvalue weighted by Crippen LogP contribution is 2.16. The van der Waals surface area contributed by atoms with Crippen LogP contribution in [0.2, 0.25) is 0 Å². The quantitative estimate of drug-likeness (QED) is 0.809. The molecule has 0 aliphatic carbocycles. The second-order valence-corrected chi connectivity index (χ2v) is 6.53. The van der Waals surface area contributed by atoms with Gasteiger partial charge in [0.15, 0.2) is 0 Å². The van der Waals surface area contributed by atoms with E-state index in [0.717, 1.165) is 44.4 Å². The highest BCUT2D eigenvalue weighted by Gasteiger charge is 2.15. The van der Waals surface area contributed by atoms with Gasteiger partial charge < -0.3 is 9.30 Å². The molecule has 3 heterocycles. The lowest BCUT2D eigenvalue weighted by Gasteiger charge is -2.26. The number of imidazole rings is 1. The van der Waals surface area contributed by atoms with E-state index in [2.05, 4.69) is 45.5 Å². The van der Waals surface area contributed by atoms with E-state index in [1.165, 1.54) is 0 Å². The molecular formula is C16H26N6O. The molecule has 0 aromatic carbocycles. The summed E-state index contributed by atoms with van der Waals surface area (Å²) in [7, 11) is 0. The van der Waals surface area contributed by atoms with Gasteiger partial charge in [-0.25, -0.2) is 9.67 Å². The Bertz CT molecular complexity index is 614. The molecule has 2 aromatic rings. The van der Waals surface area contributed by atoms with Crippen molar-refractivity contribution >= 4 is 0 Å². The zero-order chi connectivity index (χ0) is 16.2. The second kappa shape index (κ2) is 7.23. The molecule has 0 radical (unpaired) electrons. The summed E-state index contributed by atoms with van der Waals surface area (Å²) in [6.45, 7) is 11.7. The SMILES string of the molecule is CC(C)C(C)n1cc(Cn2ccnc2CN2CCOCC2)nn1. The third-order valence-corrected chi connectivity index (χ3v) is 4.54. The molecule has 0 spiro atoms. The fraction of sp³-hybridized carbons (Fsp3) is 0.688. The third kappa shape index (κ3) is 3.97. The van der Waals surface area contributed by atoms with Crippen molar-refractivity contribution < 1.29 is 4.74 Å². The number of hydrogen-bond donors (Lipinski definition) is 0. The van der Waals surface area contributed by atoms with Crippen LogP contribution in [-0.2, 0) is 17.8 Å². The fourth-order valence-electron chi connectivity index (χ4n) is 2.66. The van der Waals surface area contributed by atoms with Gasteiger partial charge in [0.25, 0.3) is 0 Å². The number of aromatic nitrogens is 5. The Morgan fingerprint density at radius 1 is 1.17 bits per heavy atom. The van der Waals surface area contributed by atoms with Crippen LogP contribution in [0, 0.1) is 5.92 Å². The highest BCUT2D eigenvalue weighted by molar-refractivity contribution is 5.01. The van der Waals surface area contributed by atoms with Crippen LogP contribution < -0.4 is 0 Å². The second-order valence-electron chi connectivity index (χ2n) is 6.53. The Labute approximate surface area is 137 Å². The summed E-state index contributed by atoms with van der Waals surface area (Å²) in [5.41, 5.74) is 0.971. The number of nitrogens with zero attached hydrogens (tertiary/aromatic N) is 6. The first-order chi connectivity index (χ1) is 11.1. The Balaban J connectivity index is 1.65. The summed E-state index contributed by atoms with van der Waals surface area (Å²) in [5, 5.41) is 8.58. The lowest BCUT2D eigenvalue weighted by molar-refractivity contribution is 0.0326. The predicted molar refractivity (Wildman–Crippen MR) is 87.0 cm³/mol. The number of morpholine rings is 1. The maximum atomic E-state index is 5.40. The van der Waals surface area contributed by atoms with Crippen LogP contribution in [0.5, 0.6) is 0 Å². The van der Waals surface area contributed by atoms with Crippen LogP contribution in [0.4, 0.5) is 0 Å². The van der Waals surface area contributed by atoms with Gasteiger partial charge in [0.1, 0.15) is 11.5 Å². The van der Waals surface area contributed by atoms with Crippen molar-refractivity contribution in [3.63, 3.8) is 0 Å². The minimum atomic E-state index is 0.354. The van der Waals surface area contributed by atoms with Gasteiger partial charge in [-0.1, -0.05) is 19.1 Å². The molecule has 0 bridgehead atoms. The minimum absolute atomic E-state index is 0.354. The molecule has 0 amide bonds. The average Bonchev–Trinajstić information content (AvgIpc) is 3.18. The van der Waals surface area contributed by atoms with Crippen LogP contribution >= 0.6 is 0 Å². The van der Waals surface area contributed by atoms with Gasteiger partial charge in [0.05, 0.1) is 38.5 Å². The summed E-state index contributed by atoms with van der Waals surface area (Å²) in [4.78, 5) is 6.88. The third-order valence-electron chi connectivity index (χ3n) is 4.54. The average molecular weight is 318 g/mol. The summed E-state index contributed by atoms with van der Waals surface area (Å²) in [6.07, 6.45) is 5.92. The molecule has 0 N–H and O–H groups in total. The predicted octanol–water partition coefficient (Wildman–Crippen LogP) is 1.57. The Morgan fingerprint density at radius 2 is 1.96 bits per heavy atom. The zero-order valence-electron chi connectivity index (χ0n) is 14.2. The topological polar surface area (TPSA) is 61.0 Å². The van der Waals surface area contributed by atoms with Crippen LogP contribution in [0.25, 0.3) is 0 Å². The maximum Gasteiger partial charge on any atom is 0.123 e. The Hall–Kier alpha value is -1.73. The summed E-state index contributed by atoms with van der Waals surface area (Å²) in [5.74, 6) is 1.60. The van der Waals surface area contributed by atoms with Crippen molar-refractivity contribution in [2.45, 2.75) is 39.9 Å². The van der Waals surface area contributed by atoms with E-state index in [-0.39, 0.29) is 0 Å². The molecule has 126 valence electrons. The molecule has 1 aliphatic heterocycles. The van der Waals surface area contributed by atoms with E-state index in [0.29, 0.717) is 18.5 Å². The van der Waals surface area contributed by atoms with Crippen molar-refractivity contribution in [3.8, 4) is 0 Å². The van der Waals surface area contributed by atoms with Crippen molar-refractivity contribution in [1.82, 2.24) is 29.4 Å². The van der Waals surface area contributed by atoms with Crippen molar-refractivity contribution in [3.05, 3.63) is 30.1 Å². The van der Waals surface area contributed by atoms with E-state index >= 15 is 0 Å². The van der Waals surface area contributed by atoms with Gasteiger partial charge in [0, 0.05) is 25.5 Å². The van der Waals surface area contributed by atoms with E-state index in [1.54, 1.807) is 0 Å². The van der Waals surface area contributed by atoms with Crippen LogP contribution in [-0.4, -0.2) is 55.7 Å². The van der Waals surface area contributed by atoms with Gasteiger partial charge in [-0.3, -0.25) is 4.90 Å². The number of rotatable bonds is 6. The zero-order valence-corrected chi connectivity index (χ0v) is 14.2. The monoisotopic (exact) mass is 318 g/mol. The largest absolute Gasteiger partial charge is 0.379 e. The van der Waals surface area contributed by atoms with Gasteiger partial charge in [-0.05, 0) is 12.8 Å². The molecule has 7 heteroatoms. The molecule has 3 rings (SSSR count). The van der Waals surface area contributed by atoms with E-state index < -0.39 is 0 Å². The molecule has 1 saturated heterocycles. The van der Waals surface area contributed by atoms with Crippen LogP contribution in [0.1, 0.15) is 38.3 Å². The van der Waals surface area contributed by atoms with Gasteiger partial charge in [-0.2, -0.15) is 0 Å². The van der Waals surface area contributed by atoms with Gasteiger partial charge >= 0.3 is 0 Å². The van der Waals surface area contributed by atoms with Gasteiger partial charge in [-0.15, -0.1) is 5.10 Å². The maximum absolute atomic E-state index is 5.40. The van der Waals surface area contributed by atoms with Crippen molar-refractivity contribution in [1.29, 1.82) is 0 Å². The molecule has 1 unspecified atom stereocenters. The molecule has 1 aliphatic rings. The van der Waals surface area contributed by atoms with E-state index in [1.807, 2.05) is 23.3 Å². The van der Waals surface area contributed by atoms with Crippen LogP contribution in [0.3, 0.4) is 0 Å². The normalized spacial score (nSPS) is 17.7. The standard InChI is InChI=1S/C16H26N6O/c1-13(2)14(3)22-11-15(18-19-22)10-21-5-4-17-16(21)12-20-6-8-23-9-7-20/h4-5,11,13-14H,6-10,12H2,1-3H3. The first-order valence-corrected chi connectivity index (χ1v) is 8.34. The molecule has 0 saturated carbocycles.